The molecular formula is C11H20N2. The molecule has 3 fully saturated rings. The van der Waals surface area contributed by atoms with Crippen LogP contribution < -0.4 is 5.73 Å². The van der Waals surface area contributed by atoms with Gasteiger partial charge in [0.05, 0.1) is 0 Å². The number of fused-ring (bicyclic) bond motifs is 1. The molecule has 74 valence electrons. The Hall–Kier alpha value is -0.0800. The summed E-state index contributed by atoms with van der Waals surface area (Å²) in [5.41, 5.74) is 5.69. The SMILES string of the molecule is NCC1CCN1CC1CC2CC2C1. The van der Waals surface area contributed by atoms with E-state index in [1.807, 2.05) is 0 Å². The number of nitrogens with zero attached hydrogens (tertiary/aromatic N) is 1. The van der Waals surface area contributed by atoms with E-state index < -0.39 is 0 Å². The number of hydrogen-bond acceptors (Lipinski definition) is 2. The van der Waals surface area contributed by atoms with E-state index in [4.69, 9.17) is 5.73 Å². The minimum Gasteiger partial charge on any atom is -0.329 e. The molecule has 0 aromatic heterocycles. The number of nitrogens with two attached hydrogens (primary N) is 1. The Morgan fingerprint density at radius 1 is 1.15 bits per heavy atom. The van der Waals surface area contributed by atoms with Gasteiger partial charge in [0, 0.05) is 25.7 Å². The van der Waals surface area contributed by atoms with Gasteiger partial charge in [-0.1, -0.05) is 0 Å². The highest BCUT2D eigenvalue weighted by atomic mass is 15.2. The smallest absolute Gasteiger partial charge is 0.0230 e. The molecule has 3 unspecified atom stereocenters. The summed E-state index contributed by atoms with van der Waals surface area (Å²) in [4.78, 5) is 2.61. The second-order valence-corrected chi connectivity index (χ2v) is 5.27. The van der Waals surface area contributed by atoms with E-state index in [1.165, 1.54) is 32.4 Å². The summed E-state index contributed by atoms with van der Waals surface area (Å²) in [6, 6.07) is 0.733. The van der Waals surface area contributed by atoms with Gasteiger partial charge in [0.1, 0.15) is 0 Å². The second-order valence-electron chi connectivity index (χ2n) is 5.27. The molecule has 0 spiro atoms. The fourth-order valence-electron chi connectivity index (χ4n) is 3.32. The largest absolute Gasteiger partial charge is 0.329 e. The minimum absolute atomic E-state index is 0.733. The Morgan fingerprint density at radius 2 is 1.92 bits per heavy atom. The molecule has 0 radical (unpaired) electrons. The molecule has 1 saturated heterocycles. The average molecular weight is 180 g/mol. The predicted molar refractivity (Wildman–Crippen MR) is 53.4 cm³/mol. The van der Waals surface area contributed by atoms with Crippen LogP contribution in [0, 0.1) is 17.8 Å². The van der Waals surface area contributed by atoms with E-state index >= 15 is 0 Å². The molecule has 3 atom stereocenters. The number of rotatable bonds is 3. The van der Waals surface area contributed by atoms with Crippen molar-refractivity contribution in [3.63, 3.8) is 0 Å². The van der Waals surface area contributed by atoms with Crippen molar-refractivity contribution in [1.82, 2.24) is 4.90 Å². The van der Waals surface area contributed by atoms with Gasteiger partial charge >= 0.3 is 0 Å². The van der Waals surface area contributed by atoms with Gasteiger partial charge in [-0.3, -0.25) is 4.90 Å². The van der Waals surface area contributed by atoms with Gasteiger partial charge in [-0.05, 0) is 43.4 Å². The minimum atomic E-state index is 0.733. The Bertz CT molecular complexity index is 192. The average Bonchev–Trinajstić information content (AvgIpc) is 2.70. The van der Waals surface area contributed by atoms with Crippen LogP contribution in [0.2, 0.25) is 0 Å². The monoisotopic (exact) mass is 180 g/mol. The van der Waals surface area contributed by atoms with Crippen molar-refractivity contribution in [3.05, 3.63) is 0 Å². The van der Waals surface area contributed by atoms with Gasteiger partial charge in [0.15, 0.2) is 0 Å². The summed E-state index contributed by atoms with van der Waals surface area (Å²) < 4.78 is 0. The van der Waals surface area contributed by atoms with Crippen molar-refractivity contribution < 1.29 is 0 Å². The lowest BCUT2D eigenvalue weighted by Gasteiger charge is -2.42. The van der Waals surface area contributed by atoms with Crippen LogP contribution in [0.25, 0.3) is 0 Å². The molecule has 3 aliphatic rings. The van der Waals surface area contributed by atoms with Crippen molar-refractivity contribution >= 4 is 0 Å². The highest BCUT2D eigenvalue weighted by Crippen LogP contribution is 2.54. The van der Waals surface area contributed by atoms with Gasteiger partial charge in [0.2, 0.25) is 0 Å². The first-order chi connectivity index (χ1) is 6.36. The third-order valence-corrected chi connectivity index (χ3v) is 4.37. The molecule has 0 aromatic rings. The molecule has 2 saturated carbocycles. The van der Waals surface area contributed by atoms with Crippen molar-refractivity contribution in [2.45, 2.75) is 31.7 Å². The molecule has 1 heterocycles. The number of likely N-dealkylation sites (tertiary alicyclic amines) is 1. The molecule has 3 rings (SSSR count). The summed E-state index contributed by atoms with van der Waals surface area (Å²) >= 11 is 0. The van der Waals surface area contributed by atoms with Crippen LogP contribution in [0.1, 0.15) is 25.7 Å². The van der Waals surface area contributed by atoms with Crippen LogP contribution in [0.15, 0.2) is 0 Å². The molecule has 2 heteroatoms. The Morgan fingerprint density at radius 3 is 2.46 bits per heavy atom. The molecule has 13 heavy (non-hydrogen) atoms. The maximum absolute atomic E-state index is 5.69. The van der Waals surface area contributed by atoms with Crippen LogP contribution in [-0.4, -0.2) is 30.6 Å². The molecule has 0 aromatic carbocycles. The third kappa shape index (κ3) is 1.40. The maximum atomic E-state index is 5.69. The first-order valence-corrected chi connectivity index (χ1v) is 5.81. The Balaban J connectivity index is 1.47. The van der Waals surface area contributed by atoms with Gasteiger partial charge in [-0.15, -0.1) is 0 Å². The zero-order valence-electron chi connectivity index (χ0n) is 8.28. The highest BCUT2D eigenvalue weighted by Gasteiger charge is 2.46. The third-order valence-electron chi connectivity index (χ3n) is 4.37. The van der Waals surface area contributed by atoms with E-state index in [0.29, 0.717) is 0 Å². The molecule has 2 N–H and O–H groups in total. The van der Waals surface area contributed by atoms with Gasteiger partial charge in [-0.2, -0.15) is 0 Å². The molecular weight excluding hydrogens is 160 g/mol. The zero-order valence-corrected chi connectivity index (χ0v) is 8.28. The lowest BCUT2D eigenvalue weighted by Crippen LogP contribution is -2.53. The predicted octanol–water partition coefficient (Wildman–Crippen LogP) is 1.07. The Labute approximate surface area is 80.5 Å². The van der Waals surface area contributed by atoms with E-state index in [2.05, 4.69) is 4.90 Å². The first kappa shape index (κ1) is 8.25. The lowest BCUT2D eigenvalue weighted by molar-refractivity contribution is 0.0754. The van der Waals surface area contributed by atoms with E-state index in [-0.39, 0.29) is 0 Å². The molecule has 0 amide bonds. The normalized spacial score (nSPS) is 48.7. The van der Waals surface area contributed by atoms with Crippen LogP contribution >= 0.6 is 0 Å². The molecule has 2 nitrogen and oxygen atoms in total. The van der Waals surface area contributed by atoms with Gasteiger partial charge in [-0.25, -0.2) is 0 Å². The van der Waals surface area contributed by atoms with Crippen LogP contribution in [-0.2, 0) is 0 Å². The quantitative estimate of drug-likeness (QED) is 0.704. The summed E-state index contributed by atoms with van der Waals surface area (Å²) in [6.07, 6.45) is 5.95. The van der Waals surface area contributed by atoms with E-state index in [0.717, 1.165) is 30.3 Å². The fraction of sp³-hybridized carbons (Fsp3) is 1.00. The van der Waals surface area contributed by atoms with Crippen LogP contribution in [0.5, 0.6) is 0 Å². The van der Waals surface area contributed by atoms with Crippen molar-refractivity contribution in [3.8, 4) is 0 Å². The van der Waals surface area contributed by atoms with Gasteiger partial charge < -0.3 is 5.73 Å². The van der Waals surface area contributed by atoms with Crippen molar-refractivity contribution in [2.75, 3.05) is 19.6 Å². The van der Waals surface area contributed by atoms with Crippen LogP contribution in [0.4, 0.5) is 0 Å². The molecule has 0 bridgehead atoms. The number of hydrogen-bond donors (Lipinski definition) is 1. The molecule has 2 aliphatic carbocycles. The Kier molecular flexibility index (Phi) is 1.88. The zero-order chi connectivity index (χ0) is 8.84. The summed E-state index contributed by atoms with van der Waals surface area (Å²) in [5.74, 6) is 3.31. The van der Waals surface area contributed by atoms with E-state index in [9.17, 15) is 0 Å². The summed E-state index contributed by atoms with van der Waals surface area (Å²) in [6.45, 7) is 3.54. The summed E-state index contributed by atoms with van der Waals surface area (Å²) in [7, 11) is 0. The molecule has 1 aliphatic heterocycles. The maximum Gasteiger partial charge on any atom is 0.0230 e. The lowest BCUT2D eigenvalue weighted by atomic mass is 9.97. The van der Waals surface area contributed by atoms with Crippen molar-refractivity contribution in [1.29, 1.82) is 0 Å². The summed E-state index contributed by atoms with van der Waals surface area (Å²) in [5, 5.41) is 0. The highest BCUT2D eigenvalue weighted by molar-refractivity contribution is 4.97. The topological polar surface area (TPSA) is 29.3 Å². The van der Waals surface area contributed by atoms with Crippen molar-refractivity contribution in [2.24, 2.45) is 23.5 Å². The fourth-order valence-corrected chi connectivity index (χ4v) is 3.32. The van der Waals surface area contributed by atoms with E-state index in [1.54, 1.807) is 6.42 Å². The second kappa shape index (κ2) is 2.96. The first-order valence-electron chi connectivity index (χ1n) is 5.81. The standard InChI is InChI=1S/C11H20N2/c12-6-11-1-2-13(11)7-8-3-9-5-10(9)4-8/h8-11H,1-7,12H2. The van der Waals surface area contributed by atoms with Gasteiger partial charge in [0.25, 0.3) is 0 Å². The van der Waals surface area contributed by atoms with Crippen LogP contribution in [0.3, 0.4) is 0 Å².